The van der Waals surface area contributed by atoms with Gasteiger partial charge in [-0.1, -0.05) is 6.92 Å². The Bertz CT molecular complexity index is 703. The maximum atomic E-state index is 5.86. The van der Waals surface area contributed by atoms with E-state index in [0.717, 1.165) is 40.4 Å². The molecule has 0 saturated carbocycles. The van der Waals surface area contributed by atoms with Gasteiger partial charge in [0.1, 0.15) is 23.5 Å². The number of H-pyrrole nitrogens is 3. The molecule has 0 unspecified atom stereocenters. The average Bonchev–Trinajstić information content (AvgIpc) is 2.88. The third-order valence-corrected chi connectivity index (χ3v) is 3.22. The monoisotopic (exact) mass is 270 g/mol. The van der Waals surface area contributed by atoms with E-state index < -0.39 is 0 Å². The first-order valence-electron chi connectivity index (χ1n) is 6.75. The molecule has 20 heavy (non-hydrogen) atoms. The predicted octanol–water partition coefficient (Wildman–Crippen LogP) is 1.64. The molecule has 0 spiro atoms. The number of nitrogens with one attached hydrogen (secondary N) is 3. The number of aromatic amines is 3. The lowest BCUT2D eigenvalue weighted by Gasteiger charge is -2.05. The van der Waals surface area contributed by atoms with Crippen LogP contribution in [0.15, 0.2) is 30.6 Å². The number of ether oxygens (including phenoxy) is 1. The van der Waals surface area contributed by atoms with Crippen LogP contribution in [0, 0.1) is 6.92 Å². The van der Waals surface area contributed by atoms with Crippen molar-refractivity contribution in [3.63, 3.8) is 0 Å². The van der Waals surface area contributed by atoms with Gasteiger partial charge in [-0.25, -0.2) is 15.0 Å². The summed E-state index contributed by atoms with van der Waals surface area (Å²) < 4.78 is 5.86. The maximum Gasteiger partial charge on any atom is 0.221 e. The smallest absolute Gasteiger partial charge is 0.221 e. The van der Waals surface area contributed by atoms with Crippen LogP contribution in [-0.4, -0.2) is 9.97 Å². The molecule has 3 heterocycles. The molecule has 0 aliphatic heterocycles. The van der Waals surface area contributed by atoms with Gasteiger partial charge in [0.25, 0.3) is 0 Å². The Balaban J connectivity index is 1.79. The third kappa shape index (κ3) is 2.47. The fourth-order valence-corrected chi connectivity index (χ4v) is 2.20. The lowest BCUT2D eigenvalue weighted by Crippen LogP contribution is -2.16. The minimum atomic E-state index is 0.429. The van der Waals surface area contributed by atoms with Crippen LogP contribution in [0.1, 0.15) is 24.1 Å². The summed E-state index contributed by atoms with van der Waals surface area (Å²) >= 11 is 0. The van der Waals surface area contributed by atoms with Crippen molar-refractivity contribution in [3.8, 4) is 5.75 Å². The number of fused-ring (bicyclic) bond motifs is 1. The molecular formula is C15H18N4O+2. The van der Waals surface area contributed by atoms with Gasteiger partial charge in [-0.15, -0.1) is 0 Å². The van der Waals surface area contributed by atoms with Gasteiger partial charge in [-0.3, -0.25) is 0 Å². The second kappa shape index (κ2) is 5.28. The normalized spacial score (nSPS) is 10.9. The molecule has 0 amide bonds. The summed E-state index contributed by atoms with van der Waals surface area (Å²) in [6, 6.07) is 5.95. The number of nitrogens with zero attached hydrogens (tertiary/aromatic N) is 1. The van der Waals surface area contributed by atoms with Gasteiger partial charge < -0.3 is 9.72 Å². The molecular weight excluding hydrogens is 252 g/mol. The van der Waals surface area contributed by atoms with E-state index in [1.165, 1.54) is 0 Å². The molecule has 0 aliphatic carbocycles. The Morgan fingerprint density at radius 1 is 1.30 bits per heavy atom. The highest BCUT2D eigenvalue weighted by Gasteiger charge is 2.11. The van der Waals surface area contributed by atoms with Crippen molar-refractivity contribution in [2.24, 2.45) is 0 Å². The molecule has 3 rings (SSSR count). The van der Waals surface area contributed by atoms with Crippen molar-refractivity contribution < 1.29 is 14.7 Å². The highest BCUT2D eigenvalue weighted by Crippen LogP contribution is 2.16. The van der Waals surface area contributed by atoms with Gasteiger partial charge in [0, 0.05) is 25.5 Å². The van der Waals surface area contributed by atoms with Crippen LogP contribution >= 0.6 is 0 Å². The van der Waals surface area contributed by atoms with E-state index in [9.17, 15) is 0 Å². The zero-order valence-electron chi connectivity index (χ0n) is 11.7. The molecule has 0 fully saturated rings. The molecule has 0 bridgehead atoms. The summed E-state index contributed by atoms with van der Waals surface area (Å²) in [6.45, 7) is 4.58. The van der Waals surface area contributed by atoms with Crippen molar-refractivity contribution in [1.82, 2.24) is 9.97 Å². The van der Waals surface area contributed by atoms with Gasteiger partial charge in [0.05, 0.1) is 0 Å². The molecule has 3 N–H and O–H groups in total. The first-order chi connectivity index (χ1) is 9.76. The zero-order chi connectivity index (χ0) is 13.9. The second-order valence-corrected chi connectivity index (χ2v) is 4.75. The molecule has 5 heteroatoms. The van der Waals surface area contributed by atoms with E-state index in [1.54, 1.807) is 0 Å². The third-order valence-electron chi connectivity index (χ3n) is 3.22. The topological polar surface area (TPSA) is 66.2 Å². The number of pyridine rings is 2. The molecule has 0 aromatic carbocycles. The van der Waals surface area contributed by atoms with E-state index in [0.29, 0.717) is 6.61 Å². The number of aromatic nitrogens is 4. The van der Waals surface area contributed by atoms with E-state index >= 15 is 0 Å². The Morgan fingerprint density at radius 3 is 3.00 bits per heavy atom. The molecule has 102 valence electrons. The van der Waals surface area contributed by atoms with E-state index in [-0.39, 0.29) is 0 Å². The first-order valence-corrected chi connectivity index (χ1v) is 6.75. The van der Waals surface area contributed by atoms with Crippen LogP contribution in [0.3, 0.4) is 0 Å². The van der Waals surface area contributed by atoms with Crippen molar-refractivity contribution in [2.45, 2.75) is 26.9 Å². The summed E-state index contributed by atoms with van der Waals surface area (Å²) in [4.78, 5) is 14.1. The minimum absolute atomic E-state index is 0.429. The number of imidazole rings is 1. The maximum absolute atomic E-state index is 5.86. The molecule has 0 atom stereocenters. The van der Waals surface area contributed by atoms with Gasteiger partial charge in [0.2, 0.25) is 5.69 Å². The summed E-state index contributed by atoms with van der Waals surface area (Å²) in [5, 5.41) is 0. The standard InChI is InChI=1S/C15H16N4O/c1-3-11-14(5-4-10(2)17-11)20-9-15-18-12-6-7-16-8-13(12)19-15/h4-8H,3,9H2,1-2H3,(H,18,19)/p+2. The van der Waals surface area contributed by atoms with Gasteiger partial charge in [0.15, 0.2) is 23.8 Å². The molecule has 3 aromatic rings. The first kappa shape index (κ1) is 12.6. The van der Waals surface area contributed by atoms with E-state index in [1.807, 2.05) is 37.5 Å². The van der Waals surface area contributed by atoms with Gasteiger partial charge >= 0.3 is 0 Å². The second-order valence-electron chi connectivity index (χ2n) is 4.75. The van der Waals surface area contributed by atoms with Crippen molar-refractivity contribution in [3.05, 3.63) is 47.8 Å². The summed E-state index contributed by atoms with van der Waals surface area (Å²) in [7, 11) is 0. The summed E-state index contributed by atoms with van der Waals surface area (Å²) in [5.41, 5.74) is 4.16. The lowest BCUT2D eigenvalue weighted by atomic mass is 10.2. The summed E-state index contributed by atoms with van der Waals surface area (Å²) in [5.74, 6) is 1.70. The number of hydrogen-bond donors (Lipinski definition) is 1. The SMILES string of the molecule is CCc1[nH+]c(C)ccc1OCc1nc2cc[nH+]cc2[nH]1. The highest BCUT2D eigenvalue weighted by molar-refractivity contribution is 5.72. The van der Waals surface area contributed by atoms with Crippen LogP contribution < -0.4 is 14.7 Å². The Kier molecular flexibility index (Phi) is 3.33. The van der Waals surface area contributed by atoms with E-state index in [4.69, 9.17) is 4.74 Å². The van der Waals surface area contributed by atoms with Crippen LogP contribution in [-0.2, 0) is 13.0 Å². The fraction of sp³-hybridized carbons (Fsp3) is 0.267. The minimum Gasteiger partial charge on any atom is -0.479 e. The number of hydrogen-bond acceptors (Lipinski definition) is 2. The molecule has 0 saturated heterocycles. The van der Waals surface area contributed by atoms with Gasteiger partial charge in [-0.05, 0) is 6.07 Å². The van der Waals surface area contributed by atoms with Crippen molar-refractivity contribution in [1.29, 1.82) is 0 Å². The predicted molar refractivity (Wildman–Crippen MR) is 74.1 cm³/mol. The average molecular weight is 270 g/mol. The van der Waals surface area contributed by atoms with Crippen LogP contribution in [0.5, 0.6) is 5.75 Å². The number of rotatable bonds is 4. The lowest BCUT2D eigenvalue weighted by molar-refractivity contribution is -0.400. The van der Waals surface area contributed by atoms with Gasteiger partial charge in [-0.2, -0.15) is 0 Å². The fourth-order valence-electron chi connectivity index (χ4n) is 2.20. The van der Waals surface area contributed by atoms with Crippen LogP contribution in [0.25, 0.3) is 11.0 Å². The Labute approximate surface area is 117 Å². The summed E-state index contributed by atoms with van der Waals surface area (Å²) in [6.07, 6.45) is 4.66. The Hall–Kier alpha value is -2.43. The zero-order valence-corrected chi connectivity index (χ0v) is 11.7. The largest absolute Gasteiger partial charge is 0.479 e. The van der Waals surface area contributed by atoms with Crippen molar-refractivity contribution >= 4 is 11.0 Å². The molecule has 0 radical (unpaired) electrons. The molecule has 5 nitrogen and oxygen atoms in total. The molecule has 0 aliphatic rings. The molecule has 3 aromatic heterocycles. The van der Waals surface area contributed by atoms with Crippen LogP contribution in [0.2, 0.25) is 0 Å². The van der Waals surface area contributed by atoms with Crippen LogP contribution in [0.4, 0.5) is 0 Å². The van der Waals surface area contributed by atoms with Crippen molar-refractivity contribution in [2.75, 3.05) is 0 Å². The highest BCUT2D eigenvalue weighted by atomic mass is 16.5. The quantitative estimate of drug-likeness (QED) is 0.783. The van der Waals surface area contributed by atoms with E-state index in [2.05, 4.69) is 26.9 Å². The Morgan fingerprint density at radius 2 is 2.20 bits per heavy atom. The number of aryl methyl sites for hydroxylation is 2.